The maximum Gasteiger partial charge on any atom is 0.259 e. The lowest BCUT2D eigenvalue weighted by atomic mass is 10.0. The SMILES string of the molecule is COc1ccc([C@@H]2CCCN2C(=O)c2cnn3c(C)cc(C)nc23)cc1OC. The lowest BCUT2D eigenvalue weighted by Crippen LogP contribution is -2.30. The van der Waals surface area contributed by atoms with Crippen molar-refractivity contribution in [1.82, 2.24) is 19.5 Å². The number of hydrogen-bond donors (Lipinski definition) is 0. The number of carbonyl (C=O) groups excluding carboxylic acids is 1. The normalized spacial score (nSPS) is 16.6. The Labute approximate surface area is 163 Å². The highest BCUT2D eigenvalue weighted by atomic mass is 16.5. The molecular formula is C21H24N4O3. The molecule has 0 spiro atoms. The summed E-state index contributed by atoms with van der Waals surface area (Å²) in [6.45, 7) is 4.60. The summed E-state index contributed by atoms with van der Waals surface area (Å²) in [4.78, 5) is 19.9. The summed E-state index contributed by atoms with van der Waals surface area (Å²) < 4.78 is 12.5. The monoisotopic (exact) mass is 380 g/mol. The van der Waals surface area contributed by atoms with Gasteiger partial charge in [0, 0.05) is 17.9 Å². The molecule has 0 radical (unpaired) electrons. The molecule has 146 valence electrons. The Balaban J connectivity index is 1.70. The third kappa shape index (κ3) is 2.96. The van der Waals surface area contributed by atoms with Gasteiger partial charge in [0.05, 0.1) is 26.5 Å². The topological polar surface area (TPSA) is 69.0 Å². The number of fused-ring (bicyclic) bond motifs is 1. The fourth-order valence-electron chi connectivity index (χ4n) is 3.99. The molecule has 0 aliphatic carbocycles. The van der Waals surface area contributed by atoms with E-state index in [1.807, 2.05) is 43.0 Å². The van der Waals surface area contributed by atoms with Crippen LogP contribution in [0.4, 0.5) is 0 Å². The van der Waals surface area contributed by atoms with Gasteiger partial charge >= 0.3 is 0 Å². The molecule has 1 aliphatic rings. The average Bonchev–Trinajstić information content (AvgIpc) is 3.34. The van der Waals surface area contributed by atoms with E-state index in [1.165, 1.54) is 0 Å². The number of amides is 1. The van der Waals surface area contributed by atoms with Gasteiger partial charge in [-0.05, 0) is 50.5 Å². The first-order valence-corrected chi connectivity index (χ1v) is 9.38. The van der Waals surface area contributed by atoms with Gasteiger partial charge in [0.15, 0.2) is 17.1 Å². The number of benzene rings is 1. The number of hydrogen-bond acceptors (Lipinski definition) is 5. The van der Waals surface area contributed by atoms with E-state index < -0.39 is 0 Å². The molecule has 1 fully saturated rings. The molecule has 1 atom stereocenters. The largest absolute Gasteiger partial charge is 0.493 e. The molecule has 2 aromatic heterocycles. The second-order valence-electron chi connectivity index (χ2n) is 7.10. The number of nitrogens with zero attached hydrogens (tertiary/aromatic N) is 4. The number of methoxy groups -OCH3 is 2. The zero-order chi connectivity index (χ0) is 19.8. The minimum absolute atomic E-state index is 0.00633. The molecule has 3 aromatic rings. The Bertz CT molecular complexity index is 1040. The molecule has 1 aliphatic heterocycles. The van der Waals surface area contributed by atoms with E-state index in [0.29, 0.717) is 29.3 Å². The van der Waals surface area contributed by atoms with Gasteiger partial charge in [-0.25, -0.2) is 9.50 Å². The van der Waals surface area contributed by atoms with E-state index in [1.54, 1.807) is 24.9 Å². The van der Waals surface area contributed by atoms with Gasteiger partial charge < -0.3 is 14.4 Å². The molecule has 0 unspecified atom stereocenters. The highest BCUT2D eigenvalue weighted by Crippen LogP contribution is 2.37. The Morgan fingerprint density at radius 3 is 2.68 bits per heavy atom. The van der Waals surface area contributed by atoms with Crippen molar-refractivity contribution in [2.45, 2.75) is 32.7 Å². The third-order valence-corrected chi connectivity index (χ3v) is 5.31. The summed E-state index contributed by atoms with van der Waals surface area (Å²) >= 11 is 0. The zero-order valence-corrected chi connectivity index (χ0v) is 16.6. The van der Waals surface area contributed by atoms with E-state index in [9.17, 15) is 4.79 Å². The van der Waals surface area contributed by atoms with Gasteiger partial charge in [-0.15, -0.1) is 0 Å². The van der Waals surface area contributed by atoms with Gasteiger partial charge in [-0.1, -0.05) is 6.07 Å². The minimum atomic E-state index is -0.0372. The Morgan fingerprint density at radius 1 is 1.14 bits per heavy atom. The Morgan fingerprint density at radius 2 is 1.93 bits per heavy atom. The van der Waals surface area contributed by atoms with Gasteiger partial charge in [0.1, 0.15) is 5.56 Å². The summed E-state index contributed by atoms with van der Waals surface area (Å²) in [5.41, 5.74) is 4.02. The number of aryl methyl sites for hydroxylation is 2. The molecule has 0 saturated carbocycles. The molecular weight excluding hydrogens is 356 g/mol. The number of carbonyl (C=O) groups is 1. The molecule has 3 heterocycles. The van der Waals surface area contributed by atoms with Crippen molar-refractivity contribution in [1.29, 1.82) is 0 Å². The molecule has 0 bridgehead atoms. The third-order valence-electron chi connectivity index (χ3n) is 5.31. The van der Waals surface area contributed by atoms with Crippen molar-refractivity contribution >= 4 is 11.6 Å². The van der Waals surface area contributed by atoms with E-state index in [0.717, 1.165) is 29.8 Å². The average molecular weight is 380 g/mol. The fraction of sp³-hybridized carbons (Fsp3) is 0.381. The smallest absolute Gasteiger partial charge is 0.259 e. The molecule has 28 heavy (non-hydrogen) atoms. The van der Waals surface area contributed by atoms with Crippen LogP contribution in [0.15, 0.2) is 30.5 Å². The second kappa shape index (κ2) is 7.14. The van der Waals surface area contributed by atoms with Crippen LogP contribution < -0.4 is 9.47 Å². The highest BCUT2D eigenvalue weighted by Gasteiger charge is 2.33. The number of aromatic nitrogens is 3. The quantitative estimate of drug-likeness (QED) is 0.694. The van der Waals surface area contributed by atoms with Crippen LogP contribution in [-0.2, 0) is 0 Å². The van der Waals surface area contributed by atoms with E-state index >= 15 is 0 Å². The maximum atomic E-state index is 13.4. The maximum absolute atomic E-state index is 13.4. The first kappa shape index (κ1) is 18.3. The number of likely N-dealkylation sites (tertiary alicyclic amines) is 1. The van der Waals surface area contributed by atoms with E-state index in [2.05, 4.69) is 10.1 Å². The lowest BCUT2D eigenvalue weighted by Gasteiger charge is -2.25. The van der Waals surface area contributed by atoms with Crippen LogP contribution in [0.3, 0.4) is 0 Å². The van der Waals surface area contributed by atoms with E-state index in [-0.39, 0.29) is 11.9 Å². The Hall–Kier alpha value is -3.09. The first-order chi connectivity index (χ1) is 13.5. The molecule has 1 aromatic carbocycles. The van der Waals surface area contributed by atoms with Crippen LogP contribution in [0.1, 0.15) is 46.2 Å². The lowest BCUT2D eigenvalue weighted by molar-refractivity contribution is 0.0737. The molecule has 1 saturated heterocycles. The second-order valence-corrected chi connectivity index (χ2v) is 7.10. The molecule has 4 rings (SSSR count). The van der Waals surface area contributed by atoms with Gasteiger partial charge in [0.25, 0.3) is 5.91 Å². The van der Waals surface area contributed by atoms with Crippen molar-refractivity contribution in [3.63, 3.8) is 0 Å². The van der Waals surface area contributed by atoms with Gasteiger partial charge in [-0.2, -0.15) is 5.10 Å². The predicted molar refractivity (Wildman–Crippen MR) is 105 cm³/mol. The van der Waals surface area contributed by atoms with Crippen LogP contribution in [0, 0.1) is 13.8 Å². The van der Waals surface area contributed by atoms with Crippen molar-refractivity contribution in [2.24, 2.45) is 0 Å². The van der Waals surface area contributed by atoms with Crippen LogP contribution in [0.25, 0.3) is 5.65 Å². The highest BCUT2D eigenvalue weighted by molar-refractivity contribution is 6.00. The molecule has 1 amide bonds. The summed E-state index contributed by atoms with van der Waals surface area (Å²) in [5, 5.41) is 4.37. The van der Waals surface area contributed by atoms with E-state index in [4.69, 9.17) is 9.47 Å². The summed E-state index contributed by atoms with van der Waals surface area (Å²) in [6, 6.07) is 7.79. The first-order valence-electron chi connectivity index (χ1n) is 9.38. The minimum Gasteiger partial charge on any atom is -0.493 e. The van der Waals surface area contributed by atoms with Crippen molar-refractivity contribution in [3.8, 4) is 11.5 Å². The standard InChI is InChI=1S/C21H24N4O3/c1-13-10-14(2)25-20(23-13)16(12-22-25)21(26)24-9-5-6-17(24)15-7-8-18(27-3)19(11-15)28-4/h7-8,10-12,17H,5-6,9H2,1-4H3/t17-/m0/s1. The molecule has 7 heteroatoms. The van der Waals surface area contributed by atoms with Crippen LogP contribution in [0.2, 0.25) is 0 Å². The Kier molecular flexibility index (Phi) is 4.66. The number of rotatable bonds is 4. The summed E-state index contributed by atoms with van der Waals surface area (Å²) in [5.74, 6) is 1.31. The predicted octanol–water partition coefficient (Wildman–Crippen LogP) is 3.34. The van der Waals surface area contributed by atoms with Crippen LogP contribution in [-0.4, -0.2) is 46.2 Å². The van der Waals surface area contributed by atoms with Crippen LogP contribution >= 0.6 is 0 Å². The molecule has 7 nitrogen and oxygen atoms in total. The zero-order valence-electron chi connectivity index (χ0n) is 16.6. The number of ether oxygens (including phenoxy) is 2. The molecule has 0 N–H and O–H groups in total. The van der Waals surface area contributed by atoms with Gasteiger partial charge in [-0.3, -0.25) is 4.79 Å². The summed E-state index contributed by atoms with van der Waals surface area (Å²) in [7, 11) is 3.24. The van der Waals surface area contributed by atoms with Crippen LogP contribution in [0.5, 0.6) is 11.5 Å². The van der Waals surface area contributed by atoms with Crippen molar-refractivity contribution in [3.05, 3.63) is 53.0 Å². The summed E-state index contributed by atoms with van der Waals surface area (Å²) in [6.07, 6.45) is 3.49. The van der Waals surface area contributed by atoms with Gasteiger partial charge in [0.2, 0.25) is 0 Å². The van der Waals surface area contributed by atoms with Crippen molar-refractivity contribution in [2.75, 3.05) is 20.8 Å². The fourth-order valence-corrected chi connectivity index (χ4v) is 3.99. The van der Waals surface area contributed by atoms with Crippen molar-refractivity contribution < 1.29 is 14.3 Å².